The topological polar surface area (TPSA) is 330 Å². The van der Waals surface area contributed by atoms with Crippen molar-refractivity contribution < 1.29 is 94.6 Å². The molecule has 2 aliphatic heterocycles. The number of likely N-dealkylation sites (tertiary alicyclic amines) is 2. The number of rotatable bonds is 15. The molecule has 21 heteroatoms. The molecule has 0 aromatic heterocycles. The molecule has 2 fully saturated rings. The molecule has 0 saturated carbocycles. The average molecular weight is 965 g/mol. The van der Waals surface area contributed by atoms with Crippen LogP contribution in [0.2, 0.25) is 0 Å². The van der Waals surface area contributed by atoms with Crippen LogP contribution in [0.3, 0.4) is 0 Å². The number of aliphatic hydroxyl groups is 8. The zero-order valence-electron chi connectivity index (χ0n) is 38.0. The Balaban J connectivity index is 0.894. The van der Waals surface area contributed by atoms with E-state index in [1.54, 1.807) is 23.1 Å². The van der Waals surface area contributed by atoms with Gasteiger partial charge in [0, 0.05) is 61.0 Å². The van der Waals surface area contributed by atoms with Crippen LogP contribution in [0.15, 0.2) is 54.6 Å². The van der Waals surface area contributed by atoms with E-state index in [2.05, 4.69) is 0 Å². The second kappa shape index (κ2) is 18.1. The first-order valence-corrected chi connectivity index (χ1v) is 22.2. The van der Waals surface area contributed by atoms with Gasteiger partial charge < -0.3 is 85.0 Å². The Morgan fingerprint density at radius 2 is 1.03 bits per heavy atom. The number of phenols is 4. The van der Waals surface area contributed by atoms with E-state index >= 15 is 0 Å². The Kier molecular flexibility index (Phi) is 13.0. The number of benzene rings is 4. The van der Waals surface area contributed by atoms with Gasteiger partial charge in [0.1, 0.15) is 0 Å². The number of ketones is 2. The molecule has 0 amide bonds. The highest BCUT2D eigenvalue weighted by Crippen LogP contribution is 2.53. The van der Waals surface area contributed by atoms with E-state index in [-0.39, 0.29) is 103 Å². The molecule has 4 aliphatic rings. The summed E-state index contributed by atoms with van der Waals surface area (Å²) in [6.45, 7) is -0.905. The maximum atomic E-state index is 13.9. The normalized spacial score (nSPS) is 21.8. The molecule has 0 radical (unpaired) electrons. The second-order valence-corrected chi connectivity index (χ2v) is 18.1. The van der Waals surface area contributed by atoms with Crippen LogP contribution in [0.5, 0.6) is 51.7 Å². The molecule has 2 heterocycles. The smallest absolute Gasteiger partial charge is 0.253 e. The van der Waals surface area contributed by atoms with Crippen molar-refractivity contribution in [1.82, 2.24) is 9.80 Å². The van der Waals surface area contributed by atoms with Crippen molar-refractivity contribution in [2.24, 2.45) is 11.8 Å². The number of phenolic OH excluding ortho intramolecular Hbond substituents is 4. The molecule has 2 atom stereocenters. The molecule has 2 aliphatic carbocycles. The van der Waals surface area contributed by atoms with E-state index in [0.717, 1.165) is 0 Å². The zero-order chi connectivity index (χ0) is 50.0. The molecule has 4 aromatic rings. The fourth-order valence-electron chi connectivity index (χ4n) is 10.3. The van der Waals surface area contributed by atoms with Gasteiger partial charge in [-0.15, -0.1) is 0 Å². The molecule has 69 heavy (non-hydrogen) atoms. The number of hydrogen-bond donors (Lipinski definition) is 12. The standard InChI is InChI=1S/C48H56N2O19/c1-65-33-17-25-21-44(57,42(55)30(25)19-35(33)67-3)46(59,60)27-9-13-49(14-10-27)23-32-37(51)39(53)41(40(54)38(32)52)69-24-68-36-20-31-26(18-34(36)66-2)22-45(58,43(31)56)47(61,62)28-11-15-50(16-12-28)48(63,64)29-7-5-4-6-8-29/h4-8,17-20,27-28,51-54,57-64H,9-16,21-24H2,1-3H3. The number of Topliss-reactive ketones (excluding diaryl/α,β-unsaturated/α-hetero) is 2. The van der Waals surface area contributed by atoms with E-state index in [0.29, 0.717) is 11.3 Å². The van der Waals surface area contributed by atoms with Crippen LogP contribution in [-0.2, 0) is 25.3 Å². The van der Waals surface area contributed by atoms with Gasteiger partial charge in [0.05, 0.1) is 26.9 Å². The number of piperidine rings is 2. The number of carbonyl (C=O) groups excluding carboxylic acids is 2. The fourth-order valence-corrected chi connectivity index (χ4v) is 10.3. The highest BCUT2D eigenvalue weighted by molar-refractivity contribution is 6.09. The van der Waals surface area contributed by atoms with Crippen molar-refractivity contribution in [1.29, 1.82) is 0 Å². The third-order valence-electron chi connectivity index (χ3n) is 14.4. The molecule has 2 unspecified atom stereocenters. The molecule has 12 N–H and O–H groups in total. The average Bonchev–Trinajstić information content (AvgIpc) is 3.77. The van der Waals surface area contributed by atoms with Crippen molar-refractivity contribution >= 4 is 11.6 Å². The quantitative estimate of drug-likeness (QED) is 0.0443. The summed E-state index contributed by atoms with van der Waals surface area (Å²) in [4.78, 5) is 30.3. The van der Waals surface area contributed by atoms with Crippen molar-refractivity contribution in [3.05, 3.63) is 88.0 Å². The molecule has 0 bridgehead atoms. The summed E-state index contributed by atoms with van der Waals surface area (Å²) < 4.78 is 27.1. The lowest BCUT2D eigenvalue weighted by Crippen LogP contribution is -2.64. The number of aromatic hydroxyl groups is 4. The summed E-state index contributed by atoms with van der Waals surface area (Å²) in [5, 5.41) is 135. The van der Waals surface area contributed by atoms with Crippen LogP contribution in [0.1, 0.15) is 68.7 Å². The Labute approximate surface area is 394 Å². The van der Waals surface area contributed by atoms with E-state index in [1.807, 2.05) is 0 Å². The van der Waals surface area contributed by atoms with Gasteiger partial charge in [0.2, 0.25) is 47.2 Å². The van der Waals surface area contributed by atoms with Crippen molar-refractivity contribution in [3.8, 4) is 51.7 Å². The molecule has 4 aromatic carbocycles. The van der Waals surface area contributed by atoms with Gasteiger partial charge in [-0.2, -0.15) is 0 Å². The lowest BCUT2D eigenvalue weighted by atomic mass is 9.76. The number of nitrogens with zero attached hydrogens (tertiary/aromatic N) is 2. The number of hydrogen-bond acceptors (Lipinski definition) is 21. The summed E-state index contributed by atoms with van der Waals surface area (Å²) >= 11 is 0. The van der Waals surface area contributed by atoms with Crippen molar-refractivity contribution in [2.75, 3.05) is 54.3 Å². The van der Waals surface area contributed by atoms with Crippen LogP contribution in [-0.4, -0.2) is 160 Å². The van der Waals surface area contributed by atoms with Gasteiger partial charge in [-0.25, -0.2) is 4.90 Å². The monoisotopic (exact) mass is 964 g/mol. The molecule has 21 nitrogen and oxygen atoms in total. The summed E-state index contributed by atoms with van der Waals surface area (Å²) in [5.41, 5.74) is -4.94. The van der Waals surface area contributed by atoms with E-state index in [1.165, 1.54) is 62.6 Å². The highest BCUT2D eigenvalue weighted by Gasteiger charge is 2.63. The molecule has 8 rings (SSSR count). The third-order valence-corrected chi connectivity index (χ3v) is 14.4. The SMILES string of the molecule is COc1cc2c(cc1OC)C(=O)C(O)(C(O)(O)C1CCN(Cc3c(O)c(O)c(OCOc4cc5c(cc4OC)CC(O)(C(O)(O)C4CCN(C(O)(O)c6ccccc6)CC4)C5=O)c(O)c3O)CC1)C2. The van der Waals surface area contributed by atoms with Gasteiger partial charge in [-0.1, -0.05) is 30.3 Å². The van der Waals surface area contributed by atoms with Gasteiger partial charge >= 0.3 is 0 Å². The first-order valence-electron chi connectivity index (χ1n) is 22.2. The van der Waals surface area contributed by atoms with Crippen molar-refractivity contribution in [2.45, 2.75) is 73.8 Å². The van der Waals surface area contributed by atoms with E-state index < -0.39 is 100 Å². The summed E-state index contributed by atoms with van der Waals surface area (Å²) in [5.74, 6) is -16.2. The molecule has 372 valence electrons. The Bertz CT molecular complexity index is 2590. The van der Waals surface area contributed by atoms with Crippen LogP contribution >= 0.6 is 0 Å². The van der Waals surface area contributed by atoms with Gasteiger partial charge in [0.25, 0.3) is 5.91 Å². The lowest BCUT2D eigenvalue weighted by molar-refractivity contribution is -0.309. The summed E-state index contributed by atoms with van der Waals surface area (Å²) in [7, 11) is 4.05. The van der Waals surface area contributed by atoms with E-state index in [9.17, 15) is 70.9 Å². The number of methoxy groups -OCH3 is 3. The van der Waals surface area contributed by atoms with Crippen LogP contribution in [0, 0.1) is 11.8 Å². The predicted molar refractivity (Wildman–Crippen MR) is 237 cm³/mol. The number of ether oxygens (including phenoxy) is 5. The summed E-state index contributed by atoms with van der Waals surface area (Å²) in [6, 6.07) is 13.5. The molecular formula is C48H56N2O19. The molecule has 0 spiro atoms. The van der Waals surface area contributed by atoms with Gasteiger partial charge in [0.15, 0.2) is 45.7 Å². The van der Waals surface area contributed by atoms with Crippen LogP contribution in [0.25, 0.3) is 0 Å². The zero-order valence-corrected chi connectivity index (χ0v) is 38.0. The molecule has 2 saturated heterocycles. The molecular weight excluding hydrogens is 909 g/mol. The largest absolute Gasteiger partial charge is 0.504 e. The maximum absolute atomic E-state index is 13.9. The maximum Gasteiger partial charge on any atom is 0.253 e. The number of carbonyl (C=O) groups is 2. The fraction of sp³-hybridized carbons (Fsp3) is 0.458. The van der Waals surface area contributed by atoms with Gasteiger partial charge in [-0.3, -0.25) is 14.5 Å². The van der Waals surface area contributed by atoms with Crippen LogP contribution in [0.4, 0.5) is 0 Å². The highest BCUT2D eigenvalue weighted by atomic mass is 16.7. The van der Waals surface area contributed by atoms with Gasteiger partial charge in [-0.05, 0) is 74.2 Å². The number of fused-ring (bicyclic) bond motifs is 2. The van der Waals surface area contributed by atoms with Crippen molar-refractivity contribution in [3.63, 3.8) is 0 Å². The van der Waals surface area contributed by atoms with E-state index in [4.69, 9.17) is 23.7 Å². The lowest BCUT2D eigenvalue weighted by Gasteiger charge is -2.46. The first kappa shape index (κ1) is 49.4. The third kappa shape index (κ3) is 8.11. The Hall–Kier alpha value is -5.98. The Morgan fingerprint density at radius 1 is 0.594 bits per heavy atom. The minimum atomic E-state index is -2.96. The first-order chi connectivity index (χ1) is 32.5. The summed E-state index contributed by atoms with van der Waals surface area (Å²) in [6.07, 6.45) is -0.889. The Morgan fingerprint density at radius 3 is 1.51 bits per heavy atom. The predicted octanol–water partition coefficient (Wildman–Crippen LogP) is 0.671. The second-order valence-electron chi connectivity index (χ2n) is 18.1. The minimum Gasteiger partial charge on any atom is -0.504 e. The minimum absolute atomic E-state index is 0.0132. The van der Waals surface area contributed by atoms with Crippen LogP contribution < -0.4 is 23.7 Å².